The maximum Gasteiger partial charge on any atom is 0.178 e. The number of hydroxylamine groups is 1. The Hall–Kier alpha value is -2.55. The van der Waals surface area contributed by atoms with Gasteiger partial charge >= 0.3 is 0 Å². The van der Waals surface area contributed by atoms with E-state index in [4.69, 9.17) is 11.6 Å². The molecular weight excluding hydrogens is 359 g/mol. The monoisotopic (exact) mass is 374 g/mol. The third kappa shape index (κ3) is 3.14. The maximum absolute atomic E-state index is 13.3. The van der Waals surface area contributed by atoms with Crippen LogP contribution in [0.1, 0.15) is 30.3 Å². The average molecular weight is 375 g/mol. The second kappa shape index (κ2) is 6.99. The minimum Gasteiger partial charge on any atom is -0.339 e. The Balaban J connectivity index is 1.77. The van der Waals surface area contributed by atoms with Crippen LogP contribution in [-0.2, 0) is 0 Å². The Labute approximate surface area is 153 Å². The molecule has 0 saturated carbocycles. The molecule has 9 heteroatoms. The van der Waals surface area contributed by atoms with Gasteiger partial charge in [0.2, 0.25) is 0 Å². The van der Waals surface area contributed by atoms with Crippen LogP contribution in [0.5, 0.6) is 0 Å². The van der Waals surface area contributed by atoms with Gasteiger partial charge in [0.15, 0.2) is 11.5 Å². The lowest BCUT2D eigenvalue weighted by Crippen LogP contribution is -2.20. The molecule has 1 aliphatic rings. The van der Waals surface area contributed by atoms with Crippen molar-refractivity contribution in [1.82, 2.24) is 25.7 Å². The van der Waals surface area contributed by atoms with Crippen LogP contribution in [0.25, 0.3) is 11.2 Å². The van der Waals surface area contributed by atoms with E-state index in [9.17, 15) is 9.60 Å². The van der Waals surface area contributed by atoms with Crippen molar-refractivity contribution in [3.05, 3.63) is 52.7 Å². The number of benzene rings is 1. The van der Waals surface area contributed by atoms with Gasteiger partial charge in [-0.1, -0.05) is 11.6 Å². The molecule has 134 valence electrons. The Morgan fingerprint density at radius 2 is 2.27 bits per heavy atom. The number of halogens is 2. The quantitative estimate of drug-likeness (QED) is 0.320. The van der Waals surface area contributed by atoms with Crippen molar-refractivity contribution in [2.75, 3.05) is 6.54 Å². The fourth-order valence-electron chi connectivity index (χ4n) is 3.04. The van der Waals surface area contributed by atoms with E-state index in [1.54, 1.807) is 12.3 Å². The van der Waals surface area contributed by atoms with E-state index in [0.29, 0.717) is 22.4 Å². The Morgan fingerprint density at radius 3 is 3.00 bits per heavy atom. The number of imidazole rings is 1. The minimum atomic E-state index is -0.530. The fourth-order valence-corrected chi connectivity index (χ4v) is 3.21. The highest BCUT2D eigenvalue weighted by molar-refractivity contribution is 6.31. The summed E-state index contributed by atoms with van der Waals surface area (Å²) >= 11 is 5.80. The van der Waals surface area contributed by atoms with E-state index in [0.717, 1.165) is 25.2 Å². The predicted molar refractivity (Wildman–Crippen MR) is 96.4 cm³/mol. The summed E-state index contributed by atoms with van der Waals surface area (Å²) < 4.78 is 13.3. The Bertz CT molecular complexity index is 983. The largest absolute Gasteiger partial charge is 0.339 e. The Morgan fingerprint density at radius 1 is 1.38 bits per heavy atom. The summed E-state index contributed by atoms with van der Waals surface area (Å²) in [6.07, 6.45) is 3.69. The second-order valence-electron chi connectivity index (χ2n) is 6.00. The minimum absolute atomic E-state index is 0.0421. The van der Waals surface area contributed by atoms with Crippen molar-refractivity contribution < 1.29 is 9.60 Å². The number of hydrogen-bond donors (Lipinski definition) is 4. The molecule has 1 atom stereocenters. The lowest BCUT2D eigenvalue weighted by Gasteiger charge is -2.07. The molecule has 1 aromatic carbocycles. The molecule has 0 radical (unpaired) electrons. The van der Waals surface area contributed by atoms with Crippen molar-refractivity contribution in [3.63, 3.8) is 0 Å². The molecule has 0 spiro atoms. The van der Waals surface area contributed by atoms with Gasteiger partial charge in [-0.2, -0.15) is 0 Å². The highest BCUT2D eigenvalue weighted by Crippen LogP contribution is 2.25. The SMILES string of the molecule is ONC(=Nc1ccc(F)c(Cl)c1)c1ccnc2nc(C3CCCN3)[nH]c12. The molecule has 0 aliphatic carbocycles. The number of nitrogens with one attached hydrogen (secondary N) is 3. The maximum atomic E-state index is 13.3. The van der Waals surface area contributed by atoms with Crippen molar-refractivity contribution >= 4 is 34.3 Å². The summed E-state index contributed by atoms with van der Waals surface area (Å²) in [5.41, 5.74) is 4.28. The molecule has 1 fully saturated rings. The van der Waals surface area contributed by atoms with E-state index in [1.807, 2.05) is 0 Å². The molecule has 1 saturated heterocycles. The van der Waals surface area contributed by atoms with Gasteiger partial charge < -0.3 is 10.3 Å². The van der Waals surface area contributed by atoms with Crippen LogP contribution in [0, 0.1) is 5.82 Å². The number of aromatic amines is 1. The smallest absolute Gasteiger partial charge is 0.178 e. The van der Waals surface area contributed by atoms with Gasteiger partial charge in [-0.15, -0.1) is 0 Å². The van der Waals surface area contributed by atoms with Crippen LogP contribution in [0.2, 0.25) is 5.02 Å². The number of nitrogens with zero attached hydrogens (tertiary/aromatic N) is 3. The second-order valence-corrected chi connectivity index (χ2v) is 6.41. The molecule has 26 heavy (non-hydrogen) atoms. The van der Waals surface area contributed by atoms with Crippen molar-refractivity contribution in [2.24, 2.45) is 4.99 Å². The van der Waals surface area contributed by atoms with Crippen LogP contribution >= 0.6 is 11.6 Å². The molecule has 7 nitrogen and oxygen atoms in total. The lowest BCUT2D eigenvalue weighted by atomic mass is 10.2. The van der Waals surface area contributed by atoms with Crippen molar-refractivity contribution in [1.29, 1.82) is 0 Å². The molecule has 2 aromatic heterocycles. The number of aromatic nitrogens is 3. The summed E-state index contributed by atoms with van der Waals surface area (Å²) in [5.74, 6) is 0.451. The van der Waals surface area contributed by atoms with Crippen LogP contribution in [0.3, 0.4) is 0 Å². The zero-order valence-corrected chi connectivity index (χ0v) is 14.4. The summed E-state index contributed by atoms with van der Waals surface area (Å²) in [5, 5.41) is 12.9. The predicted octanol–water partition coefficient (Wildman–Crippen LogP) is 3.23. The highest BCUT2D eigenvalue weighted by atomic mass is 35.5. The molecule has 4 rings (SSSR count). The van der Waals surface area contributed by atoms with Crippen molar-refractivity contribution in [2.45, 2.75) is 18.9 Å². The van der Waals surface area contributed by atoms with Gasteiger partial charge in [0, 0.05) is 11.8 Å². The number of aliphatic imine (C=N–C) groups is 1. The molecular formula is C17H16ClFN6O. The first-order chi connectivity index (χ1) is 12.7. The van der Waals surface area contributed by atoms with E-state index in [1.165, 1.54) is 18.2 Å². The molecule has 3 heterocycles. The molecule has 0 amide bonds. The van der Waals surface area contributed by atoms with E-state index >= 15 is 0 Å². The summed E-state index contributed by atoms with van der Waals surface area (Å²) in [6.45, 7) is 0.957. The van der Waals surface area contributed by atoms with Gasteiger partial charge in [0.05, 0.1) is 22.3 Å². The zero-order valence-electron chi connectivity index (χ0n) is 13.6. The van der Waals surface area contributed by atoms with Crippen LogP contribution in [0.4, 0.5) is 10.1 Å². The van der Waals surface area contributed by atoms with Crippen molar-refractivity contribution in [3.8, 4) is 0 Å². The summed E-state index contributed by atoms with van der Waals surface area (Å²) in [6, 6.07) is 5.94. The standard InChI is InChI=1S/C17H16ClFN6O/c18-11-8-9(3-4-12(11)19)22-15(25-26)10-5-7-21-17-14(10)23-16(24-17)13-2-1-6-20-13/h3-5,7-8,13,20,26H,1-2,6H2,(H,22,25)(H,21,23,24). The van der Waals surface area contributed by atoms with E-state index < -0.39 is 5.82 Å². The molecule has 0 bridgehead atoms. The van der Waals surface area contributed by atoms with Crippen LogP contribution < -0.4 is 10.8 Å². The number of fused-ring (bicyclic) bond motifs is 1. The van der Waals surface area contributed by atoms with E-state index in [2.05, 4.69) is 30.7 Å². The highest BCUT2D eigenvalue weighted by Gasteiger charge is 2.21. The zero-order chi connectivity index (χ0) is 18.1. The molecule has 4 N–H and O–H groups in total. The van der Waals surface area contributed by atoms with Crippen LogP contribution in [0.15, 0.2) is 35.5 Å². The fraction of sp³-hybridized carbons (Fsp3) is 0.235. The lowest BCUT2D eigenvalue weighted by molar-refractivity contribution is 0.235. The van der Waals surface area contributed by atoms with Gasteiger partial charge in [0.1, 0.15) is 11.6 Å². The van der Waals surface area contributed by atoms with Gasteiger partial charge in [-0.3, -0.25) is 10.7 Å². The van der Waals surface area contributed by atoms with E-state index in [-0.39, 0.29) is 16.9 Å². The number of amidine groups is 1. The first-order valence-electron chi connectivity index (χ1n) is 8.18. The number of rotatable bonds is 3. The van der Waals surface area contributed by atoms with Gasteiger partial charge in [-0.05, 0) is 43.7 Å². The molecule has 1 unspecified atom stereocenters. The van der Waals surface area contributed by atoms with Crippen LogP contribution in [-0.4, -0.2) is 32.5 Å². The third-order valence-electron chi connectivity index (χ3n) is 4.31. The Kier molecular flexibility index (Phi) is 4.54. The number of H-pyrrole nitrogens is 1. The third-order valence-corrected chi connectivity index (χ3v) is 4.60. The van der Waals surface area contributed by atoms with Gasteiger partial charge in [-0.25, -0.2) is 19.4 Å². The first-order valence-corrected chi connectivity index (χ1v) is 8.55. The summed E-state index contributed by atoms with van der Waals surface area (Å²) in [7, 11) is 0. The number of hydrogen-bond acceptors (Lipinski definition) is 5. The molecule has 1 aliphatic heterocycles. The van der Waals surface area contributed by atoms with Gasteiger partial charge in [0.25, 0.3) is 0 Å². The number of pyridine rings is 1. The average Bonchev–Trinajstić information content (AvgIpc) is 3.31. The molecule has 3 aromatic rings. The first kappa shape index (κ1) is 16.9. The normalized spacial score (nSPS) is 17.8. The summed E-state index contributed by atoms with van der Waals surface area (Å²) in [4.78, 5) is 16.4. The topological polar surface area (TPSA) is 98.2 Å².